The summed E-state index contributed by atoms with van der Waals surface area (Å²) in [5.74, 6) is -2.33. The van der Waals surface area contributed by atoms with E-state index >= 15 is 0 Å². The second-order valence-electron chi connectivity index (χ2n) is 6.80. The number of aldehydes is 1. The summed E-state index contributed by atoms with van der Waals surface area (Å²) in [4.78, 5) is 35.5. The SMILES string of the molecule is C=C1C(=O)O[C@@H]2C=C(C)CC/C=C(/C=O)[C@H](OC(=O)C(C)C)[C@@H](O)[C@@H]12. The maximum absolute atomic E-state index is 12.1. The fourth-order valence-electron chi connectivity index (χ4n) is 2.99. The van der Waals surface area contributed by atoms with E-state index in [0.717, 1.165) is 5.57 Å². The highest BCUT2D eigenvalue weighted by molar-refractivity contribution is 5.91. The van der Waals surface area contributed by atoms with E-state index in [1.807, 2.05) is 6.92 Å². The molecule has 0 aromatic rings. The van der Waals surface area contributed by atoms with Crippen molar-refractivity contribution < 1.29 is 29.0 Å². The van der Waals surface area contributed by atoms with Crippen LogP contribution < -0.4 is 0 Å². The first-order chi connectivity index (χ1) is 11.8. The third-order valence-corrected chi connectivity index (χ3v) is 4.49. The summed E-state index contributed by atoms with van der Waals surface area (Å²) in [5.41, 5.74) is 1.27. The van der Waals surface area contributed by atoms with Gasteiger partial charge in [-0.2, -0.15) is 0 Å². The summed E-state index contributed by atoms with van der Waals surface area (Å²) in [6, 6.07) is 0. The van der Waals surface area contributed by atoms with Gasteiger partial charge in [-0.25, -0.2) is 4.79 Å². The molecule has 0 aromatic carbocycles. The van der Waals surface area contributed by atoms with E-state index in [1.165, 1.54) is 0 Å². The van der Waals surface area contributed by atoms with Crippen molar-refractivity contribution in [3.05, 3.63) is 35.5 Å². The number of carbonyl (C=O) groups is 3. The Morgan fingerprint density at radius 2 is 2.16 bits per heavy atom. The third kappa shape index (κ3) is 4.07. The highest BCUT2D eigenvalue weighted by Crippen LogP contribution is 2.35. The molecule has 0 spiro atoms. The minimum Gasteiger partial charge on any atom is -0.454 e. The van der Waals surface area contributed by atoms with Crippen LogP contribution in [0.1, 0.15) is 33.6 Å². The summed E-state index contributed by atoms with van der Waals surface area (Å²) in [6.07, 6.45) is 2.05. The van der Waals surface area contributed by atoms with Gasteiger partial charge < -0.3 is 14.6 Å². The van der Waals surface area contributed by atoms with Gasteiger partial charge in [0.2, 0.25) is 0 Å². The molecule has 0 unspecified atom stereocenters. The van der Waals surface area contributed by atoms with Crippen molar-refractivity contribution in [1.29, 1.82) is 0 Å². The van der Waals surface area contributed by atoms with Gasteiger partial charge in [0.25, 0.3) is 0 Å². The van der Waals surface area contributed by atoms with Crippen LogP contribution in [-0.4, -0.2) is 41.6 Å². The maximum Gasteiger partial charge on any atom is 0.334 e. The lowest BCUT2D eigenvalue weighted by atomic mass is 9.84. The second kappa shape index (κ2) is 7.78. The summed E-state index contributed by atoms with van der Waals surface area (Å²) >= 11 is 0. The molecule has 0 amide bonds. The Balaban J connectivity index is 2.46. The van der Waals surface area contributed by atoms with E-state index in [4.69, 9.17) is 9.47 Å². The van der Waals surface area contributed by atoms with Crippen LogP contribution in [0, 0.1) is 11.8 Å². The van der Waals surface area contributed by atoms with Crippen LogP contribution in [0.25, 0.3) is 0 Å². The van der Waals surface area contributed by atoms with E-state index in [2.05, 4.69) is 6.58 Å². The normalized spacial score (nSPS) is 32.2. The van der Waals surface area contributed by atoms with E-state index in [-0.39, 0.29) is 11.1 Å². The predicted molar refractivity (Wildman–Crippen MR) is 90.4 cm³/mol. The quantitative estimate of drug-likeness (QED) is 0.362. The van der Waals surface area contributed by atoms with Crippen LogP contribution in [0.3, 0.4) is 0 Å². The molecule has 1 heterocycles. The van der Waals surface area contributed by atoms with Crippen molar-refractivity contribution in [2.24, 2.45) is 11.8 Å². The zero-order valence-electron chi connectivity index (χ0n) is 14.7. The van der Waals surface area contributed by atoms with Crippen molar-refractivity contribution in [3.63, 3.8) is 0 Å². The molecule has 2 rings (SSSR count). The Morgan fingerprint density at radius 1 is 1.48 bits per heavy atom. The van der Waals surface area contributed by atoms with Gasteiger partial charge in [-0.15, -0.1) is 0 Å². The number of esters is 2. The molecule has 6 nitrogen and oxygen atoms in total. The van der Waals surface area contributed by atoms with Gasteiger partial charge in [-0.05, 0) is 25.8 Å². The summed E-state index contributed by atoms with van der Waals surface area (Å²) < 4.78 is 10.7. The van der Waals surface area contributed by atoms with Gasteiger partial charge in [0.1, 0.15) is 18.5 Å². The number of aliphatic hydroxyl groups excluding tert-OH is 1. The first-order valence-corrected chi connectivity index (χ1v) is 8.37. The van der Waals surface area contributed by atoms with Crippen LogP contribution in [0.15, 0.2) is 35.5 Å². The molecule has 2 aliphatic rings. The number of aliphatic hydroxyl groups is 1. The molecule has 136 valence electrons. The molecular formula is C19H24O6. The summed E-state index contributed by atoms with van der Waals surface area (Å²) in [7, 11) is 0. The fraction of sp³-hybridized carbons (Fsp3) is 0.526. The number of allylic oxidation sites excluding steroid dienone is 2. The van der Waals surface area contributed by atoms with Gasteiger partial charge in [0, 0.05) is 11.1 Å². The first kappa shape index (κ1) is 19.1. The average molecular weight is 348 g/mol. The third-order valence-electron chi connectivity index (χ3n) is 4.49. The van der Waals surface area contributed by atoms with E-state index in [0.29, 0.717) is 19.1 Å². The molecule has 6 heteroatoms. The fourth-order valence-corrected chi connectivity index (χ4v) is 2.99. The van der Waals surface area contributed by atoms with Gasteiger partial charge in [0.05, 0.1) is 11.8 Å². The Hall–Kier alpha value is -2.21. The van der Waals surface area contributed by atoms with E-state index in [9.17, 15) is 19.5 Å². The highest BCUT2D eigenvalue weighted by atomic mass is 16.6. The number of rotatable bonds is 3. The van der Waals surface area contributed by atoms with Crippen molar-refractivity contribution in [3.8, 4) is 0 Å². The molecule has 4 atom stereocenters. The van der Waals surface area contributed by atoms with Gasteiger partial charge >= 0.3 is 11.9 Å². The molecule has 0 bridgehead atoms. The summed E-state index contributed by atoms with van der Waals surface area (Å²) in [5, 5.41) is 10.9. The predicted octanol–water partition coefficient (Wildman–Crippen LogP) is 1.88. The second-order valence-corrected chi connectivity index (χ2v) is 6.80. The maximum atomic E-state index is 12.1. The number of fused-ring (bicyclic) bond motifs is 1. The Labute approximate surface area is 147 Å². The van der Waals surface area contributed by atoms with Crippen molar-refractivity contribution in [2.45, 2.75) is 51.9 Å². The Kier molecular flexibility index (Phi) is 5.95. The zero-order valence-corrected chi connectivity index (χ0v) is 14.7. The van der Waals surface area contributed by atoms with Crippen LogP contribution in [0.2, 0.25) is 0 Å². The molecule has 1 aliphatic carbocycles. The Bertz CT molecular complexity index is 642. The molecule has 1 fully saturated rings. The molecule has 1 saturated heterocycles. The van der Waals surface area contributed by atoms with Crippen LogP contribution >= 0.6 is 0 Å². The standard InChI is InChI=1S/C19H24O6/c1-10(2)18(22)25-17-13(9-20)7-5-6-11(3)8-14-15(16(17)21)12(4)19(23)24-14/h7-10,14-17,21H,4-6H2,1-3H3/b11-8?,13-7-/t14-,15+,16+,17+/m1/s1. The molecule has 0 radical (unpaired) electrons. The average Bonchev–Trinajstić information content (AvgIpc) is 2.82. The first-order valence-electron chi connectivity index (χ1n) is 8.37. The van der Waals surface area contributed by atoms with Crippen LogP contribution in [-0.2, 0) is 23.9 Å². The van der Waals surface area contributed by atoms with E-state index in [1.54, 1.807) is 26.0 Å². The van der Waals surface area contributed by atoms with Crippen molar-refractivity contribution in [2.75, 3.05) is 0 Å². The van der Waals surface area contributed by atoms with Crippen molar-refractivity contribution in [1.82, 2.24) is 0 Å². The number of hydrogen-bond donors (Lipinski definition) is 1. The van der Waals surface area contributed by atoms with Gasteiger partial charge in [-0.3, -0.25) is 9.59 Å². The molecule has 25 heavy (non-hydrogen) atoms. The van der Waals surface area contributed by atoms with Crippen LogP contribution in [0.5, 0.6) is 0 Å². The lowest BCUT2D eigenvalue weighted by molar-refractivity contribution is -0.158. The van der Waals surface area contributed by atoms with Crippen LogP contribution in [0.4, 0.5) is 0 Å². The lowest BCUT2D eigenvalue weighted by Crippen LogP contribution is -2.42. The Morgan fingerprint density at radius 3 is 2.76 bits per heavy atom. The minimum absolute atomic E-state index is 0.109. The smallest absolute Gasteiger partial charge is 0.334 e. The largest absolute Gasteiger partial charge is 0.454 e. The molecular weight excluding hydrogens is 324 g/mol. The van der Waals surface area contributed by atoms with Crippen molar-refractivity contribution >= 4 is 18.2 Å². The topological polar surface area (TPSA) is 89.9 Å². The molecule has 0 saturated carbocycles. The van der Waals surface area contributed by atoms with E-state index < -0.39 is 42.1 Å². The lowest BCUT2D eigenvalue weighted by Gasteiger charge is -2.30. The molecule has 1 aliphatic heterocycles. The highest BCUT2D eigenvalue weighted by Gasteiger charge is 2.46. The number of ether oxygens (including phenoxy) is 2. The minimum atomic E-state index is -1.31. The van der Waals surface area contributed by atoms with Gasteiger partial charge in [-0.1, -0.05) is 32.1 Å². The monoisotopic (exact) mass is 348 g/mol. The number of hydrogen-bond acceptors (Lipinski definition) is 6. The summed E-state index contributed by atoms with van der Waals surface area (Å²) in [6.45, 7) is 8.93. The number of carbonyl (C=O) groups excluding carboxylic acids is 3. The zero-order chi connectivity index (χ0) is 18.7. The molecule has 0 aromatic heterocycles. The van der Waals surface area contributed by atoms with Gasteiger partial charge in [0.15, 0.2) is 6.10 Å². The molecule has 1 N–H and O–H groups in total.